The lowest BCUT2D eigenvalue weighted by Crippen LogP contribution is -2.03. The third kappa shape index (κ3) is 2.26. The standard InChI is InChI=1S/C15H17N3O/c1-11-9-13(12(2)18(11)14-4-5-14)3-6-15(19)17-8-7-16-10-17/h3,6-10,14H,4-5H2,1-2H3. The van der Waals surface area contributed by atoms with Crippen LogP contribution in [0.5, 0.6) is 0 Å². The molecule has 0 spiro atoms. The molecule has 4 heteroatoms. The fraction of sp³-hybridized carbons (Fsp3) is 0.333. The summed E-state index contributed by atoms with van der Waals surface area (Å²) < 4.78 is 3.85. The van der Waals surface area contributed by atoms with Gasteiger partial charge in [0.25, 0.3) is 5.91 Å². The topological polar surface area (TPSA) is 39.8 Å². The number of rotatable bonds is 3. The Morgan fingerprint density at radius 2 is 2.21 bits per heavy atom. The van der Waals surface area contributed by atoms with Gasteiger partial charge in [-0.1, -0.05) is 0 Å². The summed E-state index contributed by atoms with van der Waals surface area (Å²) in [5.74, 6) is -0.0753. The third-order valence-electron chi connectivity index (χ3n) is 3.60. The van der Waals surface area contributed by atoms with Gasteiger partial charge in [0.05, 0.1) is 0 Å². The van der Waals surface area contributed by atoms with E-state index in [4.69, 9.17) is 0 Å². The van der Waals surface area contributed by atoms with Crippen LogP contribution in [0.4, 0.5) is 0 Å². The molecule has 0 saturated heterocycles. The highest BCUT2D eigenvalue weighted by Crippen LogP contribution is 2.38. The van der Waals surface area contributed by atoms with Crippen molar-refractivity contribution in [3.8, 4) is 0 Å². The van der Waals surface area contributed by atoms with Crippen molar-refractivity contribution in [1.29, 1.82) is 0 Å². The van der Waals surface area contributed by atoms with Crippen LogP contribution in [0.2, 0.25) is 0 Å². The molecule has 0 radical (unpaired) electrons. The minimum Gasteiger partial charge on any atom is -0.346 e. The maximum Gasteiger partial charge on any atom is 0.255 e. The Hall–Kier alpha value is -2.10. The van der Waals surface area contributed by atoms with Gasteiger partial charge in [-0.25, -0.2) is 4.98 Å². The first-order chi connectivity index (χ1) is 9.16. The highest BCUT2D eigenvalue weighted by molar-refractivity contribution is 5.93. The van der Waals surface area contributed by atoms with E-state index in [1.807, 2.05) is 6.08 Å². The summed E-state index contributed by atoms with van der Waals surface area (Å²) >= 11 is 0. The van der Waals surface area contributed by atoms with Crippen LogP contribution in [0.25, 0.3) is 6.08 Å². The van der Waals surface area contributed by atoms with Gasteiger partial charge in [0, 0.05) is 35.9 Å². The molecule has 0 bridgehead atoms. The number of aryl methyl sites for hydroxylation is 1. The van der Waals surface area contributed by atoms with Gasteiger partial charge in [-0.05, 0) is 44.4 Å². The fourth-order valence-corrected chi connectivity index (χ4v) is 2.50. The zero-order valence-electron chi connectivity index (χ0n) is 11.2. The van der Waals surface area contributed by atoms with Gasteiger partial charge in [-0.2, -0.15) is 0 Å². The van der Waals surface area contributed by atoms with E-state index in [9.17, 15) is 4.79 Å². The maximum atomic E-state index is 11.9. The summed E-state index contributed by atoms with van der Waals surface area (Å²) in [6.07, 6.45) is 10.8. The van der Waals surface area contributed by atoms with E-state index in [1.165, 1.54) is 35.1 Å². The lowest BCUT2D eigenvalue weighted by atomic mass is 10.2. The number of carbonyl (C=O) groups is 1. The molecule has 1 aliphatic carbocycles. The SMILES string of the molecule is Cc1cc(C=CC(=O)n2ccnc2)c(C)n1C1CC1. The lowest BCUT2D eigenvalue weighted by Gasteiger charge is -2.06. The van der Waals surface area contributed by atoms with Gasteiger partial charge in [-0.3, -0.25) is 9.36 Å². The second-order valence-corrected chi connectivity index (χ2v) is 5.07. The van der Waals surface area contributed by atoms with E-state index in [1.54, 1.807) is 18.5 Å². The zero-order chi connectivity index (χ0) is 13.4. The molecule has 0 aromatic carbocycles. The third-order valence-corrected chi connectivity index (χ3v) is 3.60. The average Bonchev–Trinajstić information content (AvgIpc) is 2.98. The quantitative estimate of drug-likeness (QED) is 0.791. The van der Waals surface area contributed by atoms with Crippen molar-refractivity contribution in [3.05, 3.63) is 47.8 Å². The summed E-state index contributed by atoms with van der Waals surface area (Å²) in [5.41, 5.74) is 3.64. The summed E-state index contributed by atoms with van der Waals surface area (Å²) in [7, 11) is 0. The Bertz CT molecular complexity index is 631. The van der Waals surface area contributed by atoms with Gasteiger partial charge in [0.2, 0.25) is 0 Å². The van der Waals surface area contributed by atoms with Gasteiger partial charge in [0.15, 0.2) is 0 Å². The fourth-order valence-electron chi connectivity index (χ4n) is 2.50. The summed E-state index contributed by atoms with van der Waals surface area (Å²) in [5, 5.41) is 0. The first-order valence-electron chi connectivity index (χ1n) is 6.55. The molecule has 1 saturated carbocycles. The monoisotopic (exact) mass is 255 g/mol. The van der Waals surface area contributed by atoms with Crippen LogP contribution in [0.15, 0.2) is 30.9 Å². The molecule has 3 rings (SSSR count). The predicted octanol–water partition coefficient (Wildman–Crippen LogP) is 2.99. The number of allylic oxidation sites excluding steroid dienone is 1. The molecule has 0 amide bonds. The minimum absolute atomic E-state index is 0.0753. The van der Waals surface area contributed by atoms with E-state index in [0.29, 0.717) is 6.04 Å². The molecule has 2 aromatic rings. The van der Waals surface area contributed by atoms with Gasteiger partial charge in [0.1, 0.15) is 6.33 Å². The van der Waals surface area contributed by atoms with Crippen molar-refractivity contribution >= 4 is 12.0 Å². The molecule has 2 heterocycles. The Kier molecular flexibility index (Phi) is 2.85. The molecular weight excluding hydrogens is 238 g/mol. The van der Waals surface area contributed by atoms with Gasteiger partial charge in [-0.15, -0.1) is 0 Å². The first kappa shape index (κ1) is 12.0. The normalized spacial score (nSPS) is 15.3. The number of aromatic nitrogens is 3. The van der Waals surface area contributed by atoms with Gasteiger partial charge >= 0.3 is 0 Å². The Morgan fingerprint density at radius 3 is 2.84 bits per heavy atom. The molecule has 0 unspecified atom stereocenters. The Labute approximate surface area is 112 Å². The van der Waals surface area contributed by atoms with Crippen LogP contribution in [0.1, 0.15) is 40.6 Å². The van der Waals surface area contributed by atoms with E-state index in [-0.39, 0.29) is 5.91 Å². The molecule has 0 aliphatic heterocycles. The Morgan fingerprint density at radius 1 is 1.42 bits per heavy atom. The van der Waals surface area contributed by atoms with E-state index in [2.05, 4.69) is 29.5 Å². The molecule has 98 valence electrons. The molecule has 1 fully saturated rings. The first-order valence-corrected chi connectivity index (χ1v) is 6.55. The Balaban J connectivity index is 1.83. The molecule has 0 atom stereocenters. The van der Waals surface area contributed by atoms with E-state index in [0.717, 1.165) is 5.56 Å². The lowest BCUT2D eigenvalue weighted by molar-refractivity contribution is 0.0969. The number of hydrogen-bond acceptors (Lipinski definition) is 2. The van der Waals surface area contributed by atoms with E-state index >= 15 is 0 Å². The number of hydrogen-bond donors (Lipinski definition) is 0. The van der Waals surface area contributed by atoms with Crippen molar-refractivity contribution in [2.24, 2.45) is 0 Å². The van der Waals surface area contributed by atoms with Crippen molar-refractivity contribution in [2.45, 2.75) is 32.7 Å². The predicted molar refractivity (Wildman–Crippen MR) is 74.1 cm³/mol. The van der Waals surface area contributed by atoms with Crippen molar-refractivity contribution in [3.63, 3.8) is 0 Å². The zero-order valence-corrected chi connectivity index (χ0v) is 11.2. The highest BCUT2D eigenvalue weighted by atomic mass is 16.1. The summed E-state index contributed by atoms with van der Waals surface area (Å²) in [4.78, 5) is 15.7. The maximum absolute atomic E-state index is 11.9. The second-order valence-electron chi connectivity index (χ2n) is 5.07. The molecule has 0 N–H and O–H groups in total. The highest BCUT2D eigenvalue weighted by Gasteiger charge is 2.26. The van der Waals surface area contributed by atoms with Crippen molar-refractivity contribution in [1.82, 2.24) is 14.1 Å². The average molecular weight is 255 g/mol. The number of nitrogens with zero attached hydrogens (tertiary/aromatic N) is 3. The molecule has 1 aliphatic rings. The minimum atomic E-state index is -0.0753. The van der Waals surface area contributed by atoms with Crippen LogP contribution >= 0.6 is 0 Å². The van der Waals surface area contributed by atoms with Crippen LogP contribution in [0, 0.1) is 13.8 Å². The summed E-state index contributed by atoms with van der Waals surface area (Å²) in [6.45, 7) is 4.24. The molecule has 4 nitrogen and oxygen atoms in total. The molecule has 19 heavy (non-hydrogen) atoms. The number of imidazole rings is 1. The smallest absolute Gasteiger partial charge is 0.255 e. The van der Waals surface area contributed by atoms with Crippen LogP contribution in [-0.4, -0.2) is 20.0 Å². The van der Waals surface area contributed by atoms with Crippen LogP contribution < -0.4 is 0 Å². The molecular formula is C15H17N3O. The van der Waals surface area contributed by atoms with Crippen LogP contribution in [0.3, 0.4) is 0 Å². The van der Waals surface area contributed by atoms with Gasteiger partial charge < -0.3 is 4.57 Å². The van der Waals surface area contributed by atoms with Crippen molar-refractivity contribution in [2.75, 3.05) is 0 Å². The van der Waals surface area contributed by atoms with Crippen molar-refractivity contribution < 1.29 is 4.79 Å². The number of carbonyl (C=O) groups excluding carboxylic acids is 1. The van der Waals surface area contributed by atoms with Crippen LogP contribution in [-0.2, 0) is 0 Å². The van der Waals surface area contributed by atoms with E-state index < -0.39 is 0 Å². The second kappa shape index (κ2) is 4.53. The summed E-state index contributed by atoms with van der Waals surface area (Å²) in [6, 6.07) is 2.82. The largest absolute Gasteiger partial charge is 0.346 e. The molecule has 2 aromatic heterocycles.